The van der Waals surface area contributed by atoms with Crippen molar-refractivity contribution in [1.29, 1.82) is 0 Å². The van der Waals surface area contributed by atoms with Crippen molar-refractivity contribution in [2.24, 2.45) is 13.0 Å². The van der Waals surface area contributed by atoms with Crippen molar-refractivity contribution in [2.75, 3.05) is 6.54 Å². The summed E-state index contributed by atoms with van der Waals surface area (Å²) in [6.45, 7) is 4.20. The van der Waals surface area contributed by atoms with E-state index in [0.717, 1.165) is 0 Å². The van der Waals surface area contributed by atoms with Crippen molar-refractivity contribution in [1.82, 2.24) is 9.88 Å². The Hall–Kier alpha value is -1.81. The second-order valence-electron chi connectivity index (χ2n) is 5.90. The predicted octanol–water partition coefficient (Wildman–Crippen LogP) is 2.24. The number of carbonyl (C=O) groups excluding carboxylic acids is 1. The molecule has 114 valence electrons. The highest BCUT2D eigenvalue weighted by Gasteiger charge is 2.12. The third-order valence-electron chi connectivity index (χ3n) is 3.88. The largest absolute Gasteiger partial charge is 0.391 e. The lowest BCUT2D eigenvalue weighted by atomic mass is 10.1. The fourth-order valence-corrected chi connectivity index (χ4v) is 2.42. The van der Waals surface area contributed by atoms with Crippen LogP contribution in [0.2, 0.25) is 0 Å². The standard InChI is InChI=1S/C17H24N2O2/c1-12(2)16(20)10-18-17(21)9-8-13-11-19(3)15-7-5-4-6-14(13)15/h4-7,11-12,16,20H,8-10H2,1-3H3,(H,18,21). The third kappa shape index (κ3) is 3.85. The van der Waals surface area contributed by atoms with Gasteiger partial charge in [0.15, 0.2) is 0 Å². The van der Waals surface area contributed by atoms with E-state index >= 15 is 0 Å². The molecule has 0 radical (unpaired) electrons. The lowest BCUT2D eigenvalue weighted by Gasteiger charge is -2.14. The van der Waals surface area contributed by atoms with E-state index in [2.05, 4.69) is 28.2 Å². The number of carbonyl (C=O) groups is 1. The number of amides is 1. The van der Waals surface area contributed by atoms with E-state index in [-0.39, 0.29) is 11.8 Å². The molecule has 4 nitrogen and oxygen atoms in total. The Morgan fingerprint density at radius 3 is 2.76 bits per heavy atom. The number of fused-ring (bicyclic) bond motifs is 1. The number of aryl methyl sites for hydroxylation is 2. The van der Waals surface area contributed by atoms with Crippen LogP contribution in [0.15, 0.2) is 30.5 Å². The first-order valence-electron chi connectivity index (χ1n) is 7.46. The summed E-state index contributed by atoms with van der Waals surface area (Å²) in [5.74, 6) is 0.144. The van der Waals surface area contributed by atoms with Crippen molar-refractivity contribution in [2.45, 2.75) is 32.8 Å². The zero-order valence-corrected chi connectivity index (χ0v) is 13.0. The second kappa shape index (κ2) is 6.76. The molecule has 2 rings (SSSR count). The maximum absolute atomic E-state index is 11.9. The van der Waals surface area contributed by atoms with Crippen LogP contribution in [0.5, 0.6) is 0 Å². The molecule has 0 saturated carbocycles. The molecular weight excluding hydrogens is 264 g/mol. The van der Waals surface area contributed by atoms with Crippen LogP contribution in [-0.2, 0) is 18.3 Å². The molecule has 1 aromatic heterocycles. The van der Waals surface area contributed by atoms with Gasteiger partial charge in [-0.2, -0.15) is 0 Å². The number of aliphatic hydroxyl groups excluding tert-OH is 1. The van der Waals surface area contributed by atoms with Crippen LogP contribution >= 0.6 is 0 Å². The fraction of sp³-hybridized carbons (Fsp3) is 0.471. The Balaban J connectivity index is 1.91. The molecule has 0 aliphatic carbocycles. The van der Waals surface area contributed by atoms with Gasteiger partial charge in [-0.15, -0.1) is 0 Å². The van der Waals surface area contributed by atoms with Gasteiger partial charge in [0.2, 0.25) is 5.91 Å². The average molecular weight is 288 g/mol. The number of para-hydroxylation sites is 1. The molecule has 4 heteroatoms. The summed E-state index contributed by atoms with van der Waals surface area (Å²) in [4.78, 5) is 11.9. The Labute approximate surface area is 125 Å². The number of nitrogens with one attached hydrogen (secondary N) is 1. The second-order valence-corrected chi connectivity index (χ2v) is 5.90. The Kier molecular flexibility index (Phi) is 5.02. The van der Waals surface area contributed by atoms with Crippen molar-refractivity contribution in [3.05, 3.63) is 36.0 Å². The monoisotopic (exact) mass is 288 g/mol. The molecule has 0 bridgehead atoms. The molecule has 2 N–H and O–H groups in total. The molecule has 1 unspecified atom stereocenters. The van der Waals surface area contributed by atoms with Crippen molar-refractivity contribution in [3.63, 3.8) is 0 Å². The summed E-state index contributed by atoms with van der Waals surface area (Å²) in [6.07, 6.45) is 2.76. The molecule has 0 aliphatic rings. The number of hydrogen-bond donors (Lipinski definition) is 2. The molecule has 0 saturated heterocycles. The van der Waals surface area contributed by atoms with Gasteiger partial charge in [0.1, 0.15) is 0 Å². The SMILES string of the molecule is CC(C)C(O)CNC(=O)CCc1cn(C)c2ccccc12. The number of nitrogens with zero attached hydrogens (tertiary/aromatic N) is 1. The smallest absolute Gasteiger partial charge is 0.220 e. The first-order chi connectivity index (χ1) is 9.99. The number of aliphatic hydroxyl groups is 1. The minimum absolute atomic E-state index is 0.0114. The van der Waals surface area contributed by atoms with E-state index < -0.39 is 6.10 Å². The first kappa shape index (κ1) is 15.6. The fourth-order valence-electron chi connectivity index (χ4n) is 2.42. The normalized spacial score (nSPS) is 12.8. The van der Waals surface area contributed by atoms with Gasteiger partial charge >= 0.3 is 0 Å². The van der Waals surface area contributed by atoms with Gasteiger partial charge in [-0.25, -0.2) is 0 Å². The number of aromatic nitrogens is 1. The number of benzene rings is 1. The highest BCUT2D eigenvalue weighted by molar-refractivity contribution is 5.84. The van der Waals surface area contributed by atoms with E-state index in [9.17, 15) is 9.90 Å². The molecule has 0 spiro atoms. The molecule has 0 fully saturated rings. The van der Waals surface area contributed by atoms with E-state index in [1.807, 2.05) is 33.0 Å². The molecule has 0 aliphatic heterocycles. The van der Waals surface area contributed by atoms with E-state index in [1.54, 1.807) is 0 Å². The average Bonchev–Trinajstić information content (AvgIpc) is 2.79. The summed E-state index contributed by atoms with van der Waals surface area (Å²) in [5.41, 5.74) is 2.37. The maximum Gasteiger partial charge on any atom is 0.220 e. The summed E-state index contributed by atoms with van der Waals surface area (Å²) in [6, 6.07) is 8.21. The molecule has 2 aromatic rings. The Morgan fingerprint density at radius 2 is 2.05 bits per heavy atom. The number of hydrogen-bond acceptors (Lipinski definition) is 2. The van der Waals surface area contributed by atoms with E-state index in [4.69, 9.17) is 0 Å². The topological polar surface area (TPSA) is 54.3 Å². The van der Waals surface area contributed by atoms with Crippen LogP contribution in [-0.4, -0.2) is 28.2 Å². The quantitative estimate of drug-likeness (QED) is 0.856. The van der Waals surface area contributed by atoms with Crippen LogP contribution in [0.3, 0.4) is 0 Å². The Morgan fingerprint density at radius 1 is 1.33 bits per heavy atom. The first-order valence-corrected chi connectivity index (χ1v) is 7.46. The van der Waals surface area contributed by atoms with Crippen molar-refractivity contribution in [3.8, 4) is 0 Å². The van der Waals surface area contributed by atoms with Gasteiger partial charge < -0.3 is 15.0 Å². The summed E-state index contributed by atoms with van der Waals surface area (Å²) in [5, 5.41) is 13.7. The van der Waals surface area contributed by atoms with Gasteiger partial charge in [0, 0.05) is 37.1 Å². The maximum atomic E-state index is 11.9. The lowest BCUT2D eigenvalue weighted by molar-refractivity contribution is -0.121. The summed E-state index contributed by atoms with van der Waals surface area (Å²) < 4.78 is 2.09. The minimum Gasteiger partial charge on any atom is -0.391 e. The molecule has 1 atom stereocenters. The van der Waals surface area contributed by atoms with Gasteiger partial charge in [0.05, 0.1) is 6.10 Å². The van der Waals surface area contributed by atoms with Crippen molar-refractivity contribution < 1.29 is 9.90 Å². The van der Waals surface area contributed by atoms with Crippen molar-refractivity contribution >= 4 is 16.8 Å². The van der Waals surface area contributed by atoms with Gasteiger partial charge in [-0.3, -0.25) is 4.79 Å². The molecule has 1 amide bonds. The lowest BCUT2D eigenvalue weighted by Crippen LogP contribution is -2.34. The van der Waals surface area contributed by atoms with Crippen LogP contribution in [0.25, 0.3) is 10.9 Å². The summed E-state index contributed by atoms with van der Waals surface area (Å²) in [7, 11) is 2.02. The van der Waals surface area contributed by atoms with Crippen LogP contribution in [0.4, 0.5) is 0 Å². The molecule has 21 heavy (non-hydrogen) atoms. The zero-order valence-electron chi connectivity index (χ0n) is 13.0. The highest BCUT2D eigenvalue weighted by atomic mass is 16.3. The molecular formula is C17H24N2O2. The molecule has 1 heterocycles. The number of rotatable bonds is 6. The highest BCUT2D eigenvalue weighted by Crippen LogP contribution is 2.21. The van der Waals surface area contributed by atoms with E-state index in [0.29, 0.717) is 19.4 Å². The minimum atomic E-state index is -0.480. The third-order valence-corrected chi connectivity index (χ3v) is 3.88. The van der Waals surface area contributed by atoms with Crippen LogP contribution in [0, 0.1) is 5.92 Å². The Bertz CT molecular complexity index is 616. The van der Waals surface area contributed by atoms with Gasteiger partial charge in [-0.1, -0.05) is 32.0 Å². The predicted molar refractivity (Wildman–Crippen MR) is 85.1 cm³/mol. The summed E-state index contributed by atoms with van der Waals surface area (Å²) >= 11 is 0. The van der Waals surface area contributed by atoms with Gasteiger partial charge in [0.25, 0.3) is 0 Å². The zero-order chi connectivity index (χ0) is 15.4. The van der Waals surface area contributed by atoms with Crippen LogP contribution in [0.1, 0.15) is 25.8 Å². The van der Waals surface area contributed by atoms with E-state index in [1.165, 1.54) is 16.5 Å². The van der Waals surface area contributed by atoms with Crippen LogP contribution < -0.4 is 5.32 Å². The van der Waals surface area contributed by atoms with Gasteiger partial charge in [-0.05, 0) is 24.0 Å². The molecule has 1 aromatic carbocycles.